The average molecular weight is 314 g/mol. The van der Waals surface area contributed by atoms with Gasteiger partial charge in [0.15, 0.2) is 0 Å². The molecule has 21 heavy (non-hydrogen) atoms. The summed E-state index contributed by atoms with van der Waals surface area (Å²) in [7, 11) is 0. The summed E-state index contributed by atoms with van der Waals surface area (Å²) >= 11 is 0.876. The molecule has 0 fully saturated rings. The third kappa shape index (κ3) is 2.79. The molecule has 0 aliphatic carbocycles. The molecule has 0 spiro atoms. The maximum absolute atomic E-state index is 11.3. The van der Waals surface area contributed by atoms with E-state index < -0.39 is 23.9 Å². The number of carbonyl (C=O) groups excluding carboxylic acids is 1. The van der Waals surface area contributed by atoms with Crippen molar-refractivity contribution in [3.63, 3.8) is 0 Å². The Morgan fingerprint density at radius 1 is 1.14 bits per heavy atom. The van der Waals surface area contributed by atoms with Crippen LogP contribution in [0.3, 0.4) is 0 Å². The van der Waals surface area contributed by atoms with Gasteiger partial charge >= 0.3 is 23.9 Å². The van der Waals surface area contributed by atoms with Crippen LogP contribution in [-0.2, 0) is 22.6 Å². The van der Waals surface area contributed by atoms with Crippen LogP contribution in [0.4, 0.5) is 9.80 Å². The van der Waals surface area contributed by atoms with E-state index in [0.29, 0.717) is 10.4 Å². The molecule has 4 N–H and O–H groups in total. The quantitative estimate of drug-likeness (QED) is 0.582. The average Bonchev–Trinajstić information content (AvgIpc) is 2.74. The molecule has 0 atom stereocenters. The van der Waals surface area contributed by atoms with Crippen molar-refractivity contribution in [3.8, 4) is 0 Å². The SMILES string of the molecule is O=C(O)C(=O)Nc1sc2c(c1C(=O)O)CCN(C(=O)O)C2. The lowest BCUT2D eigenvalue weighted by molar-refractivity contribution is -0.147. The lowest BCUT2D eigenvalue weighted by Crippen LogP contribution is -2.34. The van der Waals surface area contributed by atoms with Gasteiger partial charge in [-0.1, -0.05) is 0 Å². The van der Waals surface area contributed by atoms with Crippen LogP contribution in [0.5, 0.6) is 0 Å². The van der Waals surface area contributed by atoms with Gasteiger partial charge in [0.2, 0.25) is 0 Å². The number of thiophene rings is 1. The molecule has 2 rings (SSSR count). The number of amides is 2. The summed E-state index contributed by atoms with van der Waals surface area (Å²) in [4.78, 5) is 45.5. The third-order valence-corrected chi connectivity index (χ3v) is 4.09. The largest absolute Gasteiger partial charge is 0.478 e. The number of fused-ring (bicyclic) bond motifs is 1. The number of nitrogens with zero attached hydrogens (tertiary/aromatic N) is 1. The first-order valence-electron chi connectivity index (χ1n) is 5.71. The van der Waals surface area contributed by atoms with Gasteiger partial charge in [-0.05, 0) is 12.0 Å². The highest BCUT2D eigenvalue weighted by Crippen LogP contribution is 2.37. The van der Waals surface area contributed by atoms with Crippen molar-refractivity contribution in [2.75, 3.05) is 11.9 Å². The highest BCUT2D eigenvalue weighted by Gasteiger charge is 2.30. The van der Waals surface area contributed by atoms with E-state index in [1.807, 2.05) is 5.32 Å². The second-order valence-electron chi connectivity index (χ2n) is 4.23. The molecule has 112 valence electrons. The van der Waals surface area contributed by atoms with Gasteiger partial charge in [-0.3, -0.25) is 4.79 Å². The van der Waals surface area contributed by atoms with E-state index in [0.717, 1.165) is 16.2 Å². The van der Waals surface area contributed by atoms with E-state index >= 15 is 0 Å². The van der Waals surface area contributed by atoms with E-state index in [1.165, 1.54) is 0 Å². The molecular weight excluding hydrogens is 304 g/mol. The van der Waals surface area contributed by atoms with Gasteiger partial charge in [0.05, 0.1) is 12.1 Å². The molecule has 1 aliphatic heterocycles. The summed E-state index contributed by atoms with van der Waals surface area (Å²) in [6, 6.07) is 0. The van der Waals surface area contributed by atoms with Gasteiger partial charge in [-0.15, -0.1) is 11.3 Å². The van der Waals surface area contributed by atoms with Crippen molar-refractivity contribution in [1.29, 1.82) is 0 Å². The summed E-state index contributed by atoms with van der Waals surface area (Å²) in [6.07, 6.45) is -0.926. The lowest BCUT2D eigenvalue weighted by atomic mass is 10.0. The minimum atomic E-state index is -1.73. The minimum Gasteiger partial charge on any atom is -0.478 e. The summed E-state index contributed by atoms with van der Waals surface area (Å²) < 4.78 is 0. The highest BCUT2D eigenvalue weighted by molar-refractivity contribution is 7.17. The summed E-state index contributed by atoms with van der Waals surface area (Å²) in [5.41, 5.74) is 0.264. The fraction of sp³-hybridized carbons (Fsp3) is 0.273. The van der Waals surface area contributed by atoms with Gasteiger partial charge in [0, 0.05) is 11.4 Å². The predicted molar refractivity (Wildman–Crippen MR) is 69.7 cm³/mol. The maximum Gasteiger partial charge on any atom is 0.407 e. The number of aromatic carboxylic acids is 1. The minimum absolute atomic E-state index is 0.0125. The zero-order valence-corrected chi connectivity index (χ0v) is 11.3. The Kier molecular flexibility index (Phi) is 3.80. The monoisotopic (exact) mass is 314 g/mol. The van der Waals surface area contributed by atoms with Gasteiger partial charge in [0.1, 0.15) is 5.00 Å². The molecule has 1 aromatic heterocycles. The summed E-state index contributed by atoms with van der Waals surface area (Å²) in [5.74, 6) is -4.37. The van der Waals surface area contributed by atoms with Crippen LogP contribution in [0.25, 0.3) is 0 Å². The molecule has 9 nitrogen and oxygen atoms in total. The normalized spacial score (nSPS) is 13.4. The van der Waals surface area contributed by atoms with Crippen molar-refractivity contribution >= 4 is 40.3 Å². The molecule has 0 saturated heterocycles. The van der Waals surface area contributed by atoms with Crippen LogP contribution >= 0.6 is 11.3 Å². The Morgan fingerprint density at radius 3 is 2.33 bits per heavy atom. The van der Waals surface area contributed by atoms with Crippen LogP contribution < -0.4 is 5.32 Å². The first-order chi connectivity index (χ1) is 9.81. The van der Waals surface area contributed by atoms with Crippen LogP contribution in [-0.4, -0.2) is 50.7 Å². The van der Waals surface area contributed by atoms with Crippen molar-refractivity contribution < 1.29 is 34.5 Å². The standard InChI is InChI=1S/C11H10N2O7S/c14-7(10(17)18)12-8-6(9(15)16)4-1-2-13(11(19)20)3-5(4)21-8/h1-3H2,(H,12,14)(H,15,16)(H,17,18)(H,19,20). The van der Waals surface area contributed by atoms with E-state index in [2.05, 4.69) is 0 Å². The molecular formula is C11H10N2O7S. The second kappa shape index (κ2) is 5.40. The van der Waals surface area contributed by atoms with Crippen LogP contribution in [0.2, 0.25) is 0 Å². The molecule has 0 unspecified atom stereocenters. The number of rotatable bonds is 2. The summed E-state index contributed by atoms with van der Waals surface area (Å²) in [5, 5.41) is 28.6. The Balaban J connectivity index is 2.39. The molecule has 2 amide bonds. The fourth-order valence-corrected chi connectivity index (χ4v) is 3.29. The first kappa shape index (κ1) is 14.8. The molecule has 1 aromatic rings. The number of carbonyl (C=O) groups is 4. The lowest BCUT2D eigenvalue weighted by Gasteiger charge is -2.24. The van der Waals surface area contributed by atoms with Crippen molar-refractivity contribution in [2.45, 2.75) is 13.0 Å². The maximum atomic E-state index is 11.3. The van der Waals surface area contributed by atoms with Crippen LogP contribution in [0, 0.1) is 0 Å². The third-order valence-electron chi connectivity index (χ3n) is 2.96. The molecule has 0 saturated carbocycles. The number of carboxylic acids is 2. The van der Waals surface area contributed by atoms with Crippen molar-refractivity contribution in [2.24, 2.45) is 0 Å². The van der Waals surface area contributed by atoms with Crippen molar-refractivity contribution in [1.82, 2.24) is 4.90 Å². The Bertz CT molecular complexity index is 651. The highest BCUT2D eigenvalue weighted by atomic mass is 32.1. The molecule has 1 aliphatic rings. The number of aliphatic carboxylic acids is 1. The zero-order chi connectivity index (χ0) is 15.7. The van der Waals surface area contributed by atoms with E-state index in [9.17, 15) is 24.3 Å². The number of nitrogens with one attached hydrogen (secondary N) is 1. The Hall–Kier alpha value is -2.62. The van der Waals surface area contributed by atoms with Gasteiger partial charge in [0.25, 0.3) is 0 Å². The predicted octanol–water partition coefficient (Wildman–Crippen LogP) is 0.506. The molecule has 2 heterocycles. The smallest absolute Gasteiger partial charge is 0.407 e. The molecule has 0 radical (unpaired) electrons. The van der Waals surface area contributed by atoms with Crippen molar-refractivity contribution in [3.05, 3.63) is 16.0 Å². The van der Waals surface area contributed by atoms with Crippen LogP contribution in [0.15, 0.2) is 0 Å². The van der Waals surface area contributed by atoms with Crippen LogP contribution in [0.1, 0.15) is 20.8 Å². The fourth-order valence-electron chi connectivity index (χ4n) is 2.04. The van der Waals surface area contributed by atoms with Gasteiger partial charge < -0.3 is 25.5 Å². The first-order valence-corrected chi connectivity index (χ1v) is 6.53. The second-order valence-corrected chi connectivity index (χ2v) is 5.33. The number of carboxylic acid groups (broad SMARTS) is 3. The molecule has 0 aromatic carbocycles. The van der Waals surface area contributed by atoms with E-state index in [-0.39, 0.29) is 30.1 Å². The number of hydrogen-bond acceptors (Lipinski definition) is 5. The Morgan fingerprint density at radius 2 is 1.81 bits per heavy atom. The molecule has 0 bridgehead atoms. The zero-order valence-electron chi connectivity index (χ0n) is 10.5. The van der Waals surface area contributed by atoms with Gasteiger partial charge in [-0.2, -0.15) is 0 Å². The molecule has 10 heteroatoms. The number of hydrogen-bond donors (Lipinski definition) is 4. The number of anilines is 1. The van der Waals surface area contributed by atoms with E-state index in [4.69, 9.17) is 10.2 Å². The summed E-state index contributed by atoms with van der Waals surface area (Å²) in [6.45, 7) is 0.157. The van der Waals surface area contributed by atoms with E-state index in [1.54, 1.807) is 0 Å². The topological polar surface area (TPSA) is 144 Å². The Labute approximate surface area is 121 Å². The van der Waals surface area contributed by atoms with Gasteiger partial charge in [-0.25, -0.2) is 14.4 Å².